The predicted molar refractivity (Wildman–Crippen MR) is 94.1 cm³/mol. The van der Waals surface area contributed by atoms with Gasteiger partial charge < -0.3 is 5.32 Å². The van der Waals surface area contributed by atoms with Gasteiger partial charge in [-0.1, -0.05) is 24.3 Å². The molecular weight excluding hydrogens is 355 g/mol. The first kappa shape index (κ1) is 18.6. The van der Waals surface area contributed by atoms with Gasteiger partial charge in [-0.2, -0.15) is 13.2 Å². The van der Waals surface area contributed by atoms with Gasteiger partial charge in [0.2, 0.25) is 0 Å². The number of nitrogens with one attached hydrogen (secondary N) is 1. The van der Waals surface area contributed by atoms with Crippen molar-refractivity contribution in [2.24, 2.45) is 0 Å². The van der Waals surface area contributed by atoms with Crippen LogP contribution in [0.1, 0.15) is 33.1 Å². The molecule has 3 rings (SSSR count). The zero-order chi connectivity index (χ0) is 19.3. The molecule has 1 unspecified atom stereocenters. The van der Waals surface area contributed by atoms with Crippen LogP contribution in [0.25, 0.3) is 0 Å². The topological polar surface area (TPSA) is 54.9 Å². The summed E-state index contributed by atoms with van der Waals surface area (Å²) in [5.74, 6) is -0.607. The van der Waals surface area contributed by atoms with Gasteiger partial charge in [-0.25, -0.2) is 0 Å². The quantitative estimate of drug-likeness (QED) is 0.736. The van der Waals surface area contributed by atoms with Gasteiger partial charge in [0.05, 0.1) is 0 Å². The lowest BCUT2D eigenvalue weighted by atomic mass is 9.93. The molecule has 2 heterocycles. The van der Waals surface area contributed by atoms with Crippen LogP contribution in [0.4, 0.5) is 13.2 Å². The fourth-order valence-corrected chi connectivity index (χ4v) is 2.69. The van der Waals surface area contributed by atoms with Crippen molar-refractivity contribution < 1.29 is 18.0 Å². The number of hydrogen-bond acceptors (Lipinski definition) is 3. The molecular formula is C20H16F3N3O. The predicted octanol–water partition coefficient (Wildman–Crippen LogP) is 4.06. The normalized spacial score (nSPS) is 12.4. The van der Waals surface area contributed by atoms with Crippen molar-refractivity contribution >= 4 is 5.91 Å². The van der Waals surface area contributed by atoms with Crippen molar-refractivity contribution in [3.8, 4) is 0 Å². The third kappa shape index (κ3) is 4.69. The molecule has 2 aromatic heterocycles. The lowest BCUT2D eigenvalue weighted by Crippen LogP contribution is -2.29. The van der Waals surface area contributed by atoms with Crippen LogP contribution in [0.3, 0.4) is 0 Å². The van der Waals surface area contributed by atoms with Crippen molar-refractivity contribution in [3.05, 3.63) is 95.6 Å². The molecule has 0 spiro atoms. The molecule has 7 heteroatoms. The van der Waals surface area contributed by atoms with Gasteiger partial charge in [-0.05, 0) is 41.5 Å². The van der Waals surface area contributed by atoms with Crippen molar-refractivity contribution in [2.45, 2.75) is 12.1 Å². The molecule has 1 amide bonds. The molecule has 1 N–H and O–H groups in total. The first-order valence-corrected chi connectivity index (χ1v) is 8.21. The molecule has 0 fully saturated rings. The highest BCUT2D eigenvalue weighted by atomic mass is 19.4. The van der Waals surface area contributed by atoms with E-state index in [2.05, 4.69) is 15.3 Å². The van der Waals surface area contributed by atoms with Gasteiger partial charge in [0.1, 0.15) is 5.69 Å². The summed E-state index contributed by atoms with van der Waals surface area (Å²) < 4.78 is 38.3. The molecule has 0 bridgehead atoms. The maximum absolute atomic E-state index is 12.8. The molecule has 4 nitrogen and oxygen atoms in total. The summed E-state index contributed by atoms with van der Waals surface area (Å²) in [6.45, 7) is 0.213. The number of amides is 1. The minimum atomic E-state index is -4.49. The summed E-state index contributed by atoms with van der Waals surface area (Å²) in [5, 5.41) is 2.83. The minimum absolute atomic E-state index is 0.213. The van der Waals surface area contributed by atoms with Crippen molar-refractivity contribution in [3.63, 3.8) is 0 Å². The van der Waals surface area contributed by atoms with Crippen molar-refractivity contribution in [1.29, 1.82) is 0 Å². The Morgan fingerprint density at radius 2 is 1.67 bits per heavy atom. The Labute approximate surface area is 154 Å². The fourth-order valence-electron chi connectivity index (χ4n) is 2.69. The Morgan fingerprint density at radius 3 is 2.26 bits per heavy atom. The summed E-state index contributed by atoms with van der Waals surface area (Å²) in [7, 11) is 0. The van der Waals surface area contributed by atoms with Crippen LogP contribution in [0.5, 0.6) is 0 Å². The highest BCUT2D eigenvalue weighted by Crippen LogP contribution is 2.29. The van der Waals surface area contributed by atoms with Gasteiger partial charge in [0.25, 0.3) is 5.91 Å². The third-order valence-corrected chi connectivity index (χ3v) is 4.09. The average molecular weight is 371 g/mol. The zero-order valence-corrected chi connectivity index (χ0v) is 14.1. The molecule has 138 valence electrons. The van der Waals surface area contributed by atoms with Gasteiger partial charge in [-0.15, -0.1) is 0 Å². The fraction of sp³-hybridized carbons (Fsp3) is 0.150. The molecule has 27 heavy (non-hydrogen) atoms. The highest BCUT2D eigenvalue weighted by Gasteiger charge is 2.32. The second kappa shape index (κ2) is 7.99. The van der Waals surface area contributed by atoms with Gasteiger partial charge in [0.15, 0.2) is 0 Å². The first-order valence-electron chi connectivity index (χ1n) is 8.21. The maximum Gasteiger partial charge on any atom is 0.433 e. The number of carbonyl (C=O) groups is 1. The lowest BCUT2D eigenvalue weighted by molar-refractivity contribution is -0.141. The van der Waals surface area contributed by atoms with Crippen molar-refractivity contribution in [1.82, 2.24) is 15.3 Å². The first-order chi connectivity index (χ1) is 12.9. The Morgan fingerprint density at radius 1 is 0.963 bits per heavy atom. The van der Waals surface area contributed by atoms with Gasteiger partial charge in [-0.3, -0.25) is 14.8 Å². The second-order valence-corrected chi connectivity index (χ2v) is 5.88. The second-order valence-electron chi connectivity index (χ2n) is 5.88. The van der Waals surface area contributed by atoms with E-state index in [4.69, 9.17) is 0 Å². The van der Waals surface area contributed by atoms with E-state index in [1.165, 1.54) is 12.3 Å². The zero-order valence-electron chi connectivity index (χ0n) is 14.1. The average Bonchev–Trinajstić information content (AvgIpc) is 2.69. The van der Waals surface area contributed by atoms with E-state index >= 15 is 0 Å². The van der Waals surface area contributed by atoms with E-state index in [1.807, 2.05) is 6.07 Å². The SMILES string of the molecule is O=C(NCC(c1ccncc1)c1ccc(C(F)(F)F)nc1)c1ccccc1. The maximum atomic E-state index is 12.8. The molecule has 3 aromatic rings. The van der Waals surface area contributed by atoms with Crippen LogP contribution >= 0.6 is 0 Å². The van der Waals surface area contributed by atoms with Crippen molar-refractivity contribution in [2.75, 3.05) is 6.54 Å². The van der Waals surface area contributed by atoms with E-state index in [9.17, 15) is 18.0 Å². The van der Waals surface area contributed by atoms with E-state index in [0.717, 1.165) is 11.6 Å². The standard InChI is InChI=1S/C20H16F3N3O/c21-20(22,23)18-7-6-16(12-25-18)17(14-8-10-24-11-9-14)13-26-19(27)15-4-2-1-3-5-15/h1-12,17H,13H2,(H,26,27). The van der Waals surface area contributed by atoms with Crippen LogP contribution in [0.15, 0.2) is 73.2 Å². The van der Waals surface area contributed by atoms with Crippen LogP contribution < -0.4 is 5.32 Å². The number of benzene rings is 1. The van der Waals surface area contributed by atoms with Gasteiger partial charge in [0, 0.05) is 36.6 Å². The largest absolute Gasteiger partial charge is 0.433 e. The number of nitrogens with zero attached hydrogens (tertiary/aromatic N) is 2. The number of hydrogen-bond donors (Lipinski definition) is 1. The van der Waals surface area contributed by atoms with E-state index < -0.39 is 11.9 Å². The third-order valence-electron chi connectivity index (χ3n) is 4.09. The highest BCUT2D eigenvalue weighted by molar-refractivity contribution is 5.94. The van der Waals surface area contributed by atoms with E-state index in [0.29, 0.717) is 11.1 Å². The molecule has 0 aliphatic carbocycles. The smallest absolute Gasteiger partial charge is 0.351 e. The molecule has 0 saturated carbocycles. The summed E-state index contributed by atoms with van der Waals surface area (Å²) in [6, 6.07) is 14.6. The molecule has 0 aliphatic rings. The summed E-state index contributed by atoms with van der Waals surface area (Å²) >= 11 is 0. The molecule has 0 radical (unpaired) electrons. The molecule has 1 aromatic carbocycles. The van der Waals surface area contributed by atoms with Crippen LogP contribution in [0.2, 0.25) is 0 Å². The Bertz CT molecular complexity index is 882. The van der Waals surface area contributed by atoms with Crippen LogP contribution in [-0.2, 0) is 6.18 Å². The Balaban J connectivity index is 1.83. The molecule has 0 saturated heterocycles. The number of alkyl halides is 3. The Kier molecular flexibility index (Phi) is 5.49. The Hall–Kier alpha value is -3.22. The number of pyridine rings is 2. The number of aromatic nitrogens is 2. The van der Waals surface area contributed by atoms with Crippen LogP contribution in [-0.4, -0.2) is 22.4 Å². The molecule has 0 aliphatic heterocycles. The minimum Gasteiger partial charge on any atom is -0.351 e. The van der Waals surface area contributed by atoms with E-state index in [1.54, 1.807) is 48.8 Å². The van der Waals surface area contributed by atoms with E-state index in [-0.39, 0.29) is 18.4 Å². The number of rotatable bonds is 5. The lowest BCUT2D eigenvalue weighted by Gasteiger charge is -2.19. The summed E-state index contributed by atoms with van der Waals surface area (Å²) in [5.41, 5.74) is 0.951. The number of carbonyl (C=O) groups excluding carboxylic acids is 1. The molecule has 1 atom stereocenters. The van der Waals surface area contributed by atoms with Crippen LogP contribution in [0, 0.1) is 0 Å². The summed E-state index contributed by atoms with van der Waals surface area (Å²) in [6.07, 6.45) is -0.105. The number of halogens is 3. The summed E-state index contributed by atoms with van der Waals surface area (Å²) in [4.78, 5) is 19.8. The van der Waals surface area contributed by atoms with Gasteiger partial charge >= 0.3 is 6.18 Å². The monoisotopic (exact) mass is 371 g/mol.